The first-order chi connectivity index (χ1) is 24.3. The number of nitrogens with zero attached hydrogens (tertiary/aromatic N) is 3. The molecule has 51 heavy (non-hydrogen) atoms. The first kappa shape index (κ1) is 38.4. The molecule has 9 N–H and O–H groups in total. The third-order valence-corrected chi connectivity index (χ3v) is 9.08. The van der Waals surface area contributed by atoms with E-state index in [2.05, 4.69) is 21.0 Å². The normalized spacial score (nSPS) is 19.5. The third kappa shape index (κ3) is 10.3. The Morgan fingerprint density at radius 1 is 0.961 bits per heavy atom. The maximum Gasteiger partial charge on any atom is 0.253 e. The summed E-state index contributed by atoms with van der Waals surface area (Å²) in [5.74, 6) is 0.286. The van der Waals surface area contributed by atoms with Crippen LogP contribution in [0.5, 0.6) is 5.75 Å². The topological polar surface area (TPSA) is 267 Å². The number of phenolic OH excluding ortho intramolecular Hbond substituents is 1. The van der Waals surface area contributed by atoms with E-state index in [0.29, 0.717) is 24.2 Å². The van der Waals surface area contributed by atoms with Crippen molar-refractivity contribution in [3.05, 3.63) is 53.7 Å². The van der Waals surface area contributed by atoms with Gasteiger partial charge < -0.3 is 41.8 Å². The summed E-state index contributed by atoms with van der Waals surface area (Å²) in [5.41, 5.74) is 8.85. The molecule has 0 aliphatic carbocycles. The van der Waals surface area contributed by atoms with Crippen molar-refractivity contribution in [1.82, 2.24) is 25.4 Å². The minimum atomic E-state index is -1.07. The van der Waals surface area contributed by atoms with Gasteiger partial charge in [-0.1, -0.05) is 19.1 Å². The first-order valence-corrected chi connectivity index (χ1v) is 16.7. The highest BCUT2D eigenvalue weighted by Crippen LogP contribution is 2.27. The average Bonchev–Trinajstić information content (AvgIpc) is 3.77. The number of primary amides is 1. The van der Waals surface area contributed by atoms with Crippen LogP contribution in [0, 0.1) is 11.8 Å². The highest BCUT2D eigenvalue weighted by Gasteiger charge is 2.44. The Labute approximate surface area is 294 Å². The number of phenols is 1. The molecule has 274 valence electrons. The van der Waals surface area contributed by atoms with Crippen molar-refractivity contribution in [1.29, 1.82) is 0 Å². The lowest BCUT2D eigenvalue weighted by molar-refractivity contribution is -0.146. The van der Waals surface area contributed by atoms with E-state index < -0.39 is 71.9 Å². The van der Waals surface area contributed by atoms with Gasteiger partial charge in [-0.25, -0.2) is 10.8 Å². The zero-order chi connectivity index (χ0) is 37.2. The van der Waals surface area contributed by atoms with Crippen molar-refractivity contribution in [2.45, 2.75) is 63.6 Å². The average molecular weight is 709 g/mol. The third-order valence-electron chi connectivity index (χ3n) is 9.08. The molecule has 4 unspecified atom stereocenters. The van der Waals surface area contributed by atoms with Crippen molar-refractivity contribution in [3.63, 3.8) is 0 Å². The van der Waals surface area contributed by atoms with E-state index in [1.165, 1.54) is 47.2 Å². The number of benzene rings is 1. The van der Waals surface area contributed by atoms with Gasteiger partial charge in [0.2, 0.25) is 23.6 Å². The molecule has 1 aromatic carbocycles. The molecular weight excluding hydrogens is 664 g/mol. The van der Waals surface area contributed by atoms with Crippen LogP contribution < -0.4 is 27.6 Å². The van der Waals surface area contributed by atoms with Gasteiger partial charge in [0.05, 0.1) is 30.8 Å². The number of carbonyl (C=O) groups excluding carboxylic acids is 7. The molecule has 0 bridgehead atoms. The van der Waals surface area contributed by atoms with Crippen molar-refractivity contribution in [3.8, 4) is 5.75 Å². The molecule has 2 fully saturated rings. The monoisotopic (exact) mass is 708 g/mol. The summed E-state index contributed by atoms with van der Waals surface area (Å²) < 4.78 is 0. The van der Waals surface area contributed by atoms with Crippen LogP contribution in [0.2, 0.25) is 0 Å². The van der Waals surface area contributed by atoms with Crippen LogP contribution in [0.4, 0.5) is 5.82 Å². The minimum Gasteiger partial charge on any atom is -0.508 e. The Morgan fingerprint density at radius 2 is 1.69 bits per heavy atom. The Balaban J connectivity index is 1.27. The van der Waals surface area contributed by atoms with Gasteiger partial charge in [-0.3, -0.25) is 33.6 Å². The number of pyridine rings is 1. The number of nitrogens with two attached hydrogens (primary N) is 2. The molecule has 4 rings (SSSR count). The lowest BCUT2D eigenvalue weighted by Crippen LogP contribution is -2.53. The number of nitrogens with one attached hydrogen (secondary N) is 3. The summed E-state index contributed by atoms with van der Waals surface area (Å²) in [6.07, 6.45) is 0.885. The van der Waals surface area contributed by atoms with Gasteiger partial charge in [0.15, 0.2) is 11.6 Å². The molecule has 2 aromatic rings. The lowest BCUT2D eigenvalue weighted by atomic mass is 9.91. The number of aliphatic hydroxyl groups excluding tert-OH is 1. The summed E-state index contributed by atoms with van der Waals surface area (Å²) in [6.45, 7) is 0.768. The fourth-order valence-corrected chi connectivity index (χ4v) is 6.29. The van der Waals surface area contributed by atoms with Gasteiger partial charge in [0, 0.05) is 50.4 Å². The number of rotatable bonds is 16. The van der Waals surface area contributed by atoms with E-state index >= 15 is 0 Å². The number of aromatic nitrogens is 1. The number of likely N-dealkylation sites (tertiary alicyclic amines) is 2. The Morgan fingerprint density at radius 3 is 2.33 bits per heavy atom. The molecule has 1 aromatic heterocycles. The van der Waals surface area contributed by atoms with E-state index in [0.717, 1.165) is 0 Å². The predicted octanol–water partition coefficient (Wildman–Crippen LogP) is -1.23. The molecule has 3 heterocycles. The van der Waals surface area contributed by atoms with Crippen molar-refractivity contribution < 1.29 is 43.8 Å². The molecule has 5 amide bonds. The summed E-state index contributed by atoms with van der Waals surface area (Å²) in [6, 6.07) is 7.26. The van der Waals surface area contributed by atoms with Gasteiger partial charge in [0.1, 0.15) is 17.6 Å². The number of hydrogen-bond donors (Lipinski definition) is 7. The second-order valence-corrected chi connectivity index (χ2v) is 12.9. The summed E-state index contributed by atoms with van der Waals surface area (Å²) in [5, 5.41) is 24.9. The van der Waals surface area contributed by atoms with E-state index in [1.807, 2.05) is 0 Å². The molecule has 0 saturated carbocycles. The number of ketones is 2. The van der Waals surface area contributed by atoms with Crippen molar-refractivity contribution in [2.75, 3.05) is 31.6 Å². The van der Waals surface area contributed by atoms with Crippen molar-refractivity contribution in [2.24, 2.45) is 23.4 Å². The molecular formula is C34H44N8O9. The number of hydrazine groups is 1. The smallest absolute Gasteiger partial charge is 0.253 e. The Bertz CT molecular complexity index is 1620. The fraction of sp³-hybridized carbons (Fsp3) is 0.471. The van der Waals surface area contributed by atoms with Crippen LogP contribution in [-0.2, 0) is 35.2 Å². The van der Waals surface area contributed by atoms with Gasteiger partial charge in [0.25, 0.3) is 5.91 Å². The summed E-state index contributed by atoms with van der Waals surface area (Å²) in [4.78, 5) is 96.6. The van der Waals surface area contributed by atoms with Gasteiger partial charge in [-0.15, -0.1) is 0 Å². The van der Waals surface area contributed by atoms with Crippen LogP contribution in [-0.4, -0.2) is 110 Å². The number of carbonyl (C=O) groups is 7. The quantitative estimate of drug-likeness (QED) is 0.0798. The van der Waals surface area contributed by atoms with E-state index in [9.17, 15) is 43.8 Å². The maximum atomic E-state index is 13.7. The second kappa shape index (κ2) is 17.5. The number of β-amino-alcohol motifs (C(OH)–C–C–N with tert-alkyl or cyclic N) is 1. The van der Waals surface area contributed by atoms with E-state index in [4.69, 9.17) is 11.6 Å². The largest absolute Gasteiger partial charge is 0.508 e. The van der Waals surface area contributed by atoms with E-state index in [1.54, 1.807) is 12.1 Å². The fourth-order valence-electron chi connectivity index (χ4n) is 6.29. The number of anilines is 1. The Kier molecular flexibility index (Phi) is 13.2. The first-order valence-electron chi connectivity index (χ1n) is 16.7. The number of amides is 5. The molecule has 2 aliphatic rings. The highest BCUT2D eigenvalue weighted by atomic mass is 16.3. The van der Waals surface area contributed by atoms with Gasteiger partial charge >= 0.3 is 0 Å². The van der Waals surface area contributed by atoms with Gasteiger partial charge in [-0.05, 0) is 49.1 Å². The SMILES string of the molecule is CC(CC(=O)CNC(=O)c1ccc(NN)nc1)C(=O)NCC(=O)N1C[C@@H](O)CC1C(=O)N1CCCC1C(=O)CC(Cc1ccc(O)cc1)C(N)=O. The van der Waals surface area contributed by atoms with Crippen LogP contribution in [0.1, 0.15) is 54.9 Å². The molecule has 17 nitrogen and oxygen atoms in total. The maximum absolute atomic E-state index is 13.7. The van der Waals surface area contributed by atoms with Crippen LogP contribution in [0.25, 0.3) is 0 Å². The molecule has 2 aliphatic heterocycles. The molecule has 0 radical (unpaired) electrons. The van der Waals surface area contributed by atoms with E-state index in [-0.39, 0.29) is 62.4 Å². The highest BCUT2D eigenvalue weighted by molar-refractivity contribution is 5.98. The van der Waals surface area contributed by atoms with Crippen molar-refractivity contribution >= 4 is 46.9 Å². The van der Waals surface area contributed by atoms with Crippen LogP contribution in [0.15, 0.2) is 42.6 Å². The number of Topliss-reactive ketones (excluding diaryl/α,β-unsaturated/α-hetero) is 2. The molecule has 2 saturated heterocycles. The Hall–Kier alpha value is -5.42. The number of nitrogen functional groups attached to an aromatic ring is 1. The van der Waals surface area contributed by atoms with Gasteiger partial charge in [-0.2, -0.15) is 0 Å². The standard InChI is InChI=1S/C34H44N8O9/c1-19(11-24(44)16-38-33(50)21-6-9-29(40-36)37-15-21)32(49)39-17-30(47)42-18-25(45)14-27(42)34(51)41-10-2-3-26(41)28(46)13-22(31(35)48)12-20-4-7-23(43)8-5-20/h4-9,15,19,22,25-27,43,45H,2-3,10-14,16-18,36H2,1H3,(H2,35,48)(H,37,40)(H,38,50)(H,39,49)/t19?,22?,25-,26?,27?/m0/s1. The zero-order valence-corrected chi connectivity index (χ0v) is 28.2. The molecule has 17 heteroatoms. The summed E-state index contributed by atoms with van der Waals surface area (Å²) in [7, 11) is 0. The van der Waals surface area contributed by atoms with Crippen LogP contribution >= 0.6 is 0 Å². The molecule has 0 spiro atoms. The van der Waals surface area contributed by atoms with Crippen LogP contribution in [0.3, 0.4) is 0 Å². The summed E-state index contributed by atoms with van der Waals surface area (Å²) >= 11 is 0. The lowest BCUT2D eigenvalue weighted by Gasteiger charge is -2.31. The predicted molar refractivity (Wildman–Crippen MR) is 181 cm³/mol. The number of aliphatic hydroxyl groups is 1. The number of hydrogen-bond acceptors (Lipinski definition) is 12. The zero-order valence-electron chi connectivity index (χ0n) is 28.2. The minimum absolute atomic E-state index is 0.0541. The number of aromatic hydroxyl groups is 1. The molecule has 5 atom stereocenters. The second-order valence-electron chi connectivity index (χ2n) is 12.9.